The Labute approximate surface area is 166 Å². The predicted octanol–water partition coefficient (Wildman–Crippen LogP) is 1.76. The van der Waals surface area contributed by atoms with Crippen molar-refractivity contribution in [2.24, 2.45) is 5.11 Å². The number of nitrogens with zero attached hydrogens (tertiary/aromatic N) is 3. The molecule has 0 aromatic heterocycles. The Balaban J connectivity index is 2.40. The van der Waals surface area contributed by atoms with E-state index in [9.17, 15) is 14.4 Å². The third-order valence-electron chi connectivity index (χ3n) is 4.01. The van der Waals surface area contributed by atoms with E-state index < -0.39 is 48.6 Å². The summed E-state index contributed by atoms with van der Waals surface area (Å²) in [7, 11) is 1.30. The van der Waals surface area contributed by atoms with Gasteiger partial charge >= 0.3 is 17.9 Å². The molecule has 0 saturated carbocycles. The van der Waals surface area contributed by atoms with Crippen LogP contribution < -0.4 is 0 Å². The summed E-state index contributed by atoms with van der Waals surface area (Å²) in [4.78, 5) is 38.5. The van der Waals surface area contributed by atoms with Crippen molar-refractivity contribution in [2.75, 3.05) is 13.7 Å². The Morgan fingerprint density at radius 2 is 1.66 bits per heavy atom. The minimum absolute atomic E-state index is 0.242. The normalized spacial score (nSPS) is 26.0. The van der Waals surface area contributed by atoms with E-state index in [0.717, 1.165) is 13.8 Å². The minimum atomic E-state index is -1.25. The molecule has 1 aromatic carbocycles. The zero-order chi connectivity index (χ0) is 21.4. The number of ether oxygens (including phenoxy) is 5. The smallest absolute Gasteiger partial charge is 0.338 e. The molecule has 0 N–H and O–H groups in total. The Bertz CT molecular complexity index is 781. The number of esters is 3. The summed E-state index contributed by atoms with van der Waals surface area (Å²) in [6.45, 7) is 2.07. The summed E-state index contributed by atoms with van der Waals surface area (Å²) >= 11 is 0. The van der Waals surface area contributed by atoms with Crippen molar-refractivity contribution in [3.63, 3.8) is 0 Å². The van der Waals surface area contributed by atoms with Crippen molar-refractivity contribution in [3.8, 4) is 0 Å². The van der Waals surface area contributed by atoms with E-state index in [2.05, 4.69) is 10.0 Å². The van der Waals surface area contributed by atoms with Crippen molar-refractivity contribution in [1.82, 2.24) is 0 Å². The largest absolute Gasteiger partial charge is 0.454 e. The zero-order valence-electron chi connectivity index (χ0n) is 16.1. The molecule has 1 fully saturated rings. The van der Waals surface area contributed by atoms with E-state index in [1.54, 1.807) is 18.2 Å². The molecule has 0 amide bonds. The van der Waals surface area contributed by atoms with E-state index in [4.69, 9.17) is 29.2 Å². The monoisotopic (exact) mass is 407 g/mol. The maximum Gasteiger partial charge on any atom is 0.338 e. The molecule has 11 nitrogen and oxygen atoms in total. The van der Waals surface area contributed by atoms with Crippen molar-refractivity contribution in [2.45, 2.75) is 44.6 Å². The van der Waals surface area contributed by atoms with Crippen LogP contribution in [0.5, 0.6) is 0 Å². The topological polar surface area (TPSA) is 146 Å². The third kappa shape index (κ3) is 5.92. The lowest BCUT2D eigenvalue weighted by Crippen LogP contribution is -2.62. The van der Waals surface area contributed by atoms with Crippen LogP contribution in [0.25, 0.3) is 10.4 Å². The highest BCUT2D eigenvalue weighted by Crippen LogP contribution is 2.30. The first-order valence-corrected chi connectivity index (χ1v) is 8.67. The van der Waals surface area contributed by atoms with Crippen molar-refractivity contribution in [1.29, 1.82) is 0 Å². The number of hydrogen-bond donors (Lipinski definition) is 0. The fourth-order valence-electron chi connectivity index (χ4n) is 2.88. The molecule has 0 radical (unpaired) electrons. The summed E-state index contributed by atoms with van der Waals surface area (Å²) < 4.78 is 26.9. The molecule has 156 valence electrons. The molecule has 0 spiro atoms. The lowest BCUT2D eigenvalue weighted by Gasteiger charge is -2.43. The van der Waals surface area contributed by atoms with Crippen LogP contribution >= 0.6 is 0 Å². The van der Waals surface area contributed by atoms with Gasteiger partial charge < -0.3 is 23.7 Å². The molecule has 0 bridgehead atoms. The Hall–Kier alpha value is -3.14. The first-order chi connectivity index (χ1) is 13.9. The van der Waals surface area contributed by atoms with Gasteiger partial charge in [-0.2, -0.15) is 0 Å². The summed E-state index contributed by atoms with van der Waals surface area (Å²) in [5, 5.41) is 3.45. The standard InChI is InChI=1S/C18H21N3O8/c1-10(22)26-15-14(29-17(24)12-7-5-4-6-8-12)13(9-20-21-19)28-18(25-3)16(15)27-11(2)23/h4-8,13-16,18H,9H2,1-3H3/t13-,14-,15+,16+,18+/m1/s1. The third-order valence-corrected chi connectivity index (χ3v) is 4.01. The second kappa shape index (κ2) is 10.4. The SMILES string of the molecule is CO[C@H]1O[C@H](CN=[N+]=[N-])[C@@H](OC(=O)c2ccccc2)[C@H](OC(C)=O)[C@@H]1OC(C)=O. The van der Waals surface area contributed by atoms with Gasteiger partial charge in [0.05, 0.1) is 12.1 Å². The van der Waals surface area contributed by atoms with Gasteiger partial charge in [0.15, 0.2) is 24.6 Å². The van der Waals surface area contributed by atoms with E-state index in [0.29, 0.717) is 0 Å². The molecule has 1 aliphatic rings. The first-order valence-electron chi connectivity index (χ1n) is 8.67. The second-order valence-corrected chi connectivity index (χ2v) is 6.08. The van der Waals surface area contributed by atoms with Crippen LogP contribution in [0.2, 0.25) is 0 Å². The Morgan fingerprint density at radius 3 is 2.21 bits per heavy atom. The first kappa shape index (κ1) is 22.2. The Kier molecular flexibility index (Phi) is 7.96. The second-order valence-electron chi connectivity index (χ2n) is 6.08. The maximum absolute atomic E-state index is 12.6. The van der Waals surface area contributed by atoms with E-state index >= 15 is 0 Å². The average molecular weight is 407 g/mol. The highest BCUT2D eigenvalue weighted by atomic mass is 16.7. The molecule has 2 rings (SSSR count). The molecule has 5 atom stereocenters. The average Bonchev–Trinajstić information content (AvgIpc) is 2.69. The van der Waals surface area contributed by atoms with Gasteiger partial charge in [0, 0.05) is 25.9 Å². The number of hydrogen-bond acceptors (Lipinski definition) is 9. The van der Waals surface area contributed by atoms with Gasteiger partial charge in [0.25, 0.3) is 0 Å². The van der Waals surface area contributed by atoms with Crippen LogP contribution in [0.4, 0.5) is 0 Å². The van der Waals surface area contributed by atoms with Crippen molar-refractivity contribution < 1.29 is 38.1 Å². The molecular weight excluding hydrogens is 386 g/mol. The van der Waals surface area contributed by atoms with Gasteiger partial charge in [-0.3, -0.25) is 9.59 Å². The van der Waals surface area contributed by atoms with Crippen LogP contribution in [-0.2, 0) is 33.3 Å². The number of methoxy groups -OCH3 is 1. The summed E-state index contributed by atoms with van der Waals surface area (Å²) in [5.74, 6) is -2.11. The lowest BCUT2D eigenvalue weighted by molar-refractivity contribution is -0.293. The summed E-state index contributed by atoms with van der Waals surface area (Å²) in [6.07, 6.45) is -5.85. The van der Waals surface area contributed by atoms with Gasteiger partial charge in [0.2, 0.25) is 0 Å². The minimum Gasteiger partial charge on any atom is -0.454 e. The van der Waals surface area contributed by atoms with Crippen LogP contribution in [0, 0.1) is 0 Å². The number of carbonyl (C=O) groups is 3. The molecular formula is C18H21N3O8. The van der Waals surface area contributed by atoms with E-state index in [1.165, 1.54) is 19.2 Å². The van der Waals surface area contributed by atoms with Gasteiger partial charge in [-0.1, -0.05) is 23.3 Å². The van der Waals surface area contributed by atoms with Gasteiger partial charge in [-0.25, -0.2) is 4.79 Å². The van der Waals surface area contributed by atoms with Gasteiger partial charge in [-0.05, 0) is 17.7 Å². The van der Waals surface area contributed by atoms with Crippen molar-refractivity contribution in [3.05, 3.63) is 46.3 Å². The van der Waals surface area contributed by atoms with Crippen LogP contribution in [0.1, 0.15) is 24.2 Å². The molecule has 29 heavy (non-hydrogen) atoms. The summed E-state index contributed by atoms with van der Waals surface area (Å²) in [5.41, 5.74) is 8.90. The number of benzene rings is 1. The lowest BCUT2D eigenvalue weighted by atomic mass is 9.97. The van der Waals surface area contributed by atoms with Gasteiger partial charge in [0.1, 0.15) is 6.10 Å². The fourth-order valence-corrected chi connectivity index (χ4v) is 2.88. The molecule has 0 unspecified atom stereocenters. The van der Waals surface area contributed by atoms with Gasteiger partial charge in [-0.15, -0.1) is 0 Å². The number of azide groups is 1. The number of rotatable bonds is 7. The highest BCUT2D eigenvalue weighted by Gasteiger charge is 2.52. The molecule has 0 aliphatic carbocycles. The summed E-state index contributed by atoms with van der Waals surface area (Å²) in [6, 6.07) is 8.11. The highest BCUT2D eigenvalue weighted by molar-refractivity contribution is 5.89. The van der Waals surface area contributed by atoms with Crippen LogP contribution in [-0.4, -0.2) is 62.3 Å². The van der Waals surface area contributed by atoms with E-state index in [-0.39, 0.29) is 12.1 Å². The molecule has 1 heterocycles. The molecule has 11 heteroatoms. The predicted molar refractivity (Wildman–Crippen MR) is 96.4 cm³/mol. The molecule has 1 aliphatic heterocycles. The van der Waals surface area contributed by atoms with Crippen LogP contribution in [0.3, 0.4) is 0 Å². The van der Waals surface area contributed by atoms with Crippen LogP contribution in [0.15, 0.2) is 35.4 Å². The molecule has 1 aromatic rings. The van der Waals surface area contributed by atoms with Crippen molar-refractivity contribution >= 4 is 17.9 Å². The zero-order valence-corrected chi connectivity index (χ0v) is 16.1. The Morgan fingerprint density at radius 1 is 1.03 bits per heavy atom. The fraction of sp³-hybridized carbons (Fsp3) is 0.500. The van der Waals surface area contributed by atoms with E-state index in [1.807, 2.05) is 0 Å². The number of carbonyl (C=O) groups excluding carboxylic acids is 3. The quantitative estimate of drug-likeness (QED) is 0.218. The maximum atomic E-state index is 12.6. The molecule has 1 saturated heterocycles.